The van der Waals surface area contributed by atoms with Crippen LogP contribution in [0.4, 0.5) is 5.95 Å². The number of methoxy groups -OCH3 is 1. The van der Waals surface area contributed by atoms with Crippen molar-refractivity contribution in [1.29, 1.82) is 0 Å². The lowest BCUT2D eigenvalue weighted by Crippen LogP contribution is -2.35. The molecule has 14 heteroatoms. The number of pyridine rings is 1. The monoisotopic (exact) mass is 519 g/mol. The minimum Gasteiger partial charge on any atom is -0.489 e. The van der Waals surface area contributed by atoms with Crippen LogP contribution < -0.4 is 14.2 Å². The number of aliphatic hydroxyl groups excluding tert-OH is 1. The van der Waals surface area contributed by atoms with Crippen LogP contribution in [-0.2, 0) is 14.8 Å². The van der Waals surface area contributed by atoms with Crippen molar-refractivity contribution in [2.24, 2.45) is 0 Å². The van der Waals surface area contributed by atoms with Crippen LogP contribution in [0, 0.1) is 6.92 Å². The molecule has 36 heavy (non-hydrogen) atoms. The van der Waals surface area contributed by atoms with Crippen LogP contribution in [0.1, 0.15) is 44.3 Å². The SMILES string of the molecule is COc1ccc2c(n1)-c1nnc(NS(=O)(=O)[C@@H](C)[C@@H](OC(C)C)c3ncc(C)cn3)n1[C@H](CO)CO2. The second-order valence-electron chi connectivity index (χ2n) is 8.64. The highest BCUT2D eigenvalue weighted by Crippen LogP contribution is 2.36. The summed E-state index contributed by atoms with van der Waals surface area (Å²) in [5.74, 6) is 1.11. The van der Waals surface area contributed by atoms with Crippen molar-refractivity contribution in [2.45, 2.75) is 51.2 Å². The van der Waals surface area contributed by atoms with Gasteiger partial charge in [0.2, 0.25) is 21.9 Å². The van der Waals surface area contributed by atoms with Crippen LogP contribution in [0.3, 0.4) is 0 Å². The second-order valence-corrected chi connectivity index (χ2v) is 10.7. The Hall–Kier alpha value is -3.36. The van der Waals surface area contributed by atoms with Crippen LogP contribution in [0.5, 0.6) is 11.6 Å². The molecule has 0 saturated heterocycles. The first-order valence-electron chi connectivity index (χ1n) is 11.3. The van der Waals surface area contributed by atoms with Gasteiger partial charge in [-0.15, -0.1) is 10.2 Å². The summed E-state index contributed by atoms with van der Waals surface area (Å²) in [7, 11) is -2.63. The molecular weight excluding hydrogens is 490 g/mol. The quantitative estimate of drug-likeness (QED) is 0.422. The molecule has 3 atom stereocenters. The summed E-state index contributed by atoms with van der Waals surface area (Å²) in [6.45, 7) is 6.64. The maximum atomic E-state index is 13.5. The van der Waals surface area contributed by atoms with Crippen LogP contribution >= 0.6 is 0 Å². The number of hydrogen-bond donors (Lipinski definition) is 2. The Labute approximate surface area is 208 Å². The average molecular weight is 520 g/mol. The van der Waals surface area contributed by atoms with Gasteiger partial charge in [-0.1, -0.05) is 0 Å². The van der Waals surface area contributed by atoms with Crippen molar-refractivity contribution < 1.29 is 27.7 Å². The van der Waals surface area contributed by atoms with E-state index >= 15 is 0 Å². The summed E-state index contributed by atoms with van der Waals surface area (Å²) in [5.41, 5.74) is 1.15. The number of nitrogens with one attached hydrogen (secondary N) is 1. The molecule has 3 aromatic heterocycles. The van der Waals surface area contributed by atoms with Gasteiger partial charge in [-0.3, -0.25) is 9.29 Å². The number of nitrogens with zero attached hydrogens (tertiary/aromatic N) is 6. The molecule has 194 valence electrons. The first-order valence-corrected chi connectivity index (χ1v) is 12.9. The third-order valence-corrected chi connectivity index (χ3v) is 7.27. The van der Waals surface area contributed by atoms with Gasteiger partial charge < -0.3 is 19.3 Å². The molecule has 3 aromatic rings. The summed E-state index contributed by atoms with van der Waals surface area (Å²) >= 11 is 0. The Morgan fingerprint density at radius 2 is 1.94 bits per heavy atom. The normalized spacial score (nSPS) is 16.9. The molecule has 0 unspecified atom stereocenters. The molecule has 0 radical (unpaired) electrons. The fourth-order valence-corrected chi connectivity index (χ4v) is 4.78. The zero-order valence-corrected chi connectivity index (χ0v) is 21.4. The van der Waals surface area contributed by atoms with E-state index in [4.69, 9.17) is 14.2 Å². The van der Waals surface area contributed by atoms with E-state index in [0.29, 0.717) is 17.3 Å². The number of ether oxygens (including phenoxy) is 3. The number of sulfonamides is 1. The molecular formula is C22H29N7O6S. The van der Waals surface area contributed by atoms with Gasteiger partial charge in [0.1, 0.15) is 23.7 Å². The molecule has 1 aliphatic rings. The Morgan fingerprint density at radius 3 is 2.58 bits per heavy atom. The average Bonchev–Trinajstić information content (AvgIpc) is 3.17. The molecule has 0 spiro atoms. The van der Waals surface area contributed by atoms with Crippen molar-refractivity contribution in [1.82, 2.24) is 29.7 Å². The summed E-state index contributed by atoms with van der Waals surface area (Å²) in [6, 6.07) is 2.62. The highest BCUT2D eigenvalue weighted by molar-refractivity contribution is 7.93. The Kier molecular flexibility index (Phi) is 7.38. The maximum Gasteiger partial charge on any atom is 0.240 e. The van der Waals surface area contributed by atoms with Crippen molar-refractivity contribution in [3.8, 4) is 23.1 Å². The van der Waals surface area contributed by atoms with E-state index in [1.807, 2.05) is 6.92 Å². The molecule has 13 nitrogen and oxygen atoms in total. The maximum absolute atomic E-state index is 13.5. The number of aliphatic hydroxyl groups is 1. The standard InChI is InChI=1S/C22H29N7O6S/c1-12(2)35-19(20-23-8-13(3)9-24-20)14(4)36(31,32)28-22-27-26-21-18-16(6-7-17(25-18)33-5)34-11-15(10-30)29(21)22/h6-9,12,14-15,19,30H,10-11H2,1-5H3,(H,27,28)/t14-,15+,19+/m0/s1. The molecule has 1 aliphatic heterocycles. The lowest BCUT2D eigenvalue weighted by atomic mass is 10.2. The Balaban J connectivity index is 1.71. The molecule has 4 rings (SSSR count). The highest BCUT2D eigenvalue weighted by atomic mass is 32.2. The van der Waals surface area contributed by atoms with Crippen LogP contribution in [-0.4, -0.2) is 74.9 Å². The minimum atomic E-state index is -4.10. The third kappa shape index (κ3) is 5.10. The molecule has 0 saturated carbocycles. The number of aryl methyl sites for hydroxylation is 1. The minimum absolute atomic E-state index is 0.0448. The van der Waals surface area contributed by atoms with Crippen molar-refractivity contribution in [3.63, 3.8) is 0 Å². The van der Waals surface area contributed by atoms with Crippen molar-refractivity contribution >= 4 is 16.0 Å². The Bertz CT molecular complexity index is 1310. The van der Waals surface area contributed by atoms with Crippen LogP contribution in [0.15, 0.2) is 24.5 Å². The van der Waals surface area contributed by atoms with E-state index in [1.165, 1.54) is 18.6 Å². The van der Waals surface area contributed by atoms with Gasteiger partial charge in [-0.25, -0.2) is 23.4 Å². The zero-order valence-electron chi connectivity index (χ0n) is 20.6. The number of hydrogen-bond acceptors (Lipinski definition) is 11. The first kappa shape index (κ1) is 25.7. The van der Waals surface area contributed by atoms with Gasteiger partial charge in [0.25, 0.3) is 0 Å². The van der Waals surface area contributed by atoms with E-state index < -0.39 is 27.4 Å². The largest absolute Gasteiger partial charge is 0.489 e. The molecule has 4 heterocycles. The number of aromatic nitrogens is 6. The molecule has 0 amide bonds. The van der Waals surface area contributed by atoms with Gasteiger partial charge in [-0.2, -0.15) is 0 Å². The van der Waals surface area contributed by atoms with Crippen molar-refractivity contribution in [3.05, 3.63) is 35.9 Å². The first-order chi connectivity index (χ1) is 17.1. The zero-order chi connectivity index (χ0) is 26.0. The third-order valence-electron chi connectivity index (χ3n) is 5.58. The van der Waals surface area contributed by atoms with Gasteiger partial charge >= 0.3 is 0 Å². The van der Waals surface area contributed by atoms with Gasteiger partial charge in [0.05, 0.1) is 25.9 Å². The van der Waals surface area contributed by atoms with Crippen LogP contribution in [0.2, 0.25) is 0 Å². The summed E-state index contributed by atoms with van der Waals surface area (Å²) in [6.07, 6.45) is 1.98. The van der Waals surface area contributed by atoms with E-state index in [9.17, 15) is 13.5 Å². The number of anilines is 1. The van der Waals surface area contributed by atoms with Crippen LogP contribution in [0.25, 0.3) is 11.5 Å². The molecule has 0 aromatic carbocycles. The van der Waals surface area contributed by atoms with Crippen molar-refractivity contribution in [2.75, 3.05) is 25.0 Å². The number of fused-ring (bicyclic) bond motifs is 3. The Morgan fingerprint density at radius 1 is 1.22 bits per heavy atom. The van der Waals surface area contributed by atoms with E-state index in [2.05, 4.69) is 29.9 Å². The van der Waals surface area contributed by atoms with Gasteiger partial charge in [0, 0.05) is 18.5 Å². The van der Waals surface area contributed by atoms with E-state index in [0.717, 1.165) is 5.56 Å². The second kappa shape index (κ2) is 10.3. The molecule has 2 N–H and O–H groups in total. The topological polar surface area (TPSA) is 163 Å². The summed E-state index contributed by atoms with van der Waals surface area (Å²) in [4.78, 5) is 13.0. The highest BCUT2D eigenvalue weighted by Gasteiger charge is 2.37. The van der Waals surface area contributed by atoms with E-state index in [-0.39, 0.29) is 36.9 Å². The molecule has 0 bridgehead atoms. The van der Waals surface area contributed by atoms with E-state index in [1.54, 1.807) is 38.4 Å². The molecule has 0 fully saturated rings. The lowest BCUT2D eigenvalue weighted by Gasteiger charge is -2.26. The fraction of sp³-hybridized carbons (Fsp3) is 0.500. The molecule has 0 aliphatic carbocycles. The summed E-state index contributed by atoms with van der Waals surface area (Å²) in [5, 5.41) is 17.2. The van der Waals surface area contributed by atoms with Gasteiger partial charge in [-0.05, 0) is 39.3 Å². The predicted octanol–water partition coefficient (Wildman–Crippen LogP) is 1.67. The number of rotatable bonds is 9. The smallest absolute Gasteiger partial charge is 0.240 e. The predicted molar refractivity (Wildman–Crippen MR) is 129 cm³/mol. The fourth-order valence-electron chi connectivity index (χ4n) is 3.69. The lowest BCUT2D eigenvalue weighted by molar-refractivity contribution is 0.00152. The summed E-state index contributed by atoms with van der Waals surface area (Å²) < 4.78 is 47.9. The van der Waals surface area contributed by atoms with Gasteiger partial charge in [0.15, 0.2) is 17.3 Å².